The zero-order valence-electron chi connectivity index (χ0n) is 13.4. The van der Waals surface area contributed by atoms with E-state index in [0.717, 1.165) is 0 Å². The summed E-state index contributed by atoms with van der Waals surface area (Å²) < 4.78 is 16.2. The Hall–Kier alpha value is -3.08. The predicted molar refractivity (Wildman–Crippen MR) is 88.3 cm³/mol. The van der Waals surface area contributed by atoms with Gasteiger partial charge in [-0.2, -0.15) is 0 Å². The number of hydrogen-bond acceptors (Lipinski definition) is 5. The number of para-hydroxylation sites is 1. The molecule has 2 aromatic carbocycles. The van der Waals surface area contributed by atoms with Crippen LogP contribution in [0, 0.1) is 0 Å². The highest BCUT2D eigenvalue weighted by atomic mass is 16.5. The number of fused-ring (bicyclic) bond motifs is 1. The molecule has 3 rings (SSSR count). The van der Waals surface area contributed by atoms with Gasteiger partial charge in [-0.1, -0.05) is 18.2 Å². The van der Waals surface area contributed by atoms with E-state index >= 15 is 0 Å². The van der Waals surface area contributed by atoms with E-state index in [9.17, 15) is 9.59 Å². The average molecular weight is 324 g/mol. The van der Waals surface area contributed by atoms with Crippen molar-refractivity contribution in [1.29, 1.82) is 0 Å². The highest BCUT2D eigenvalue weighted by Crippen LogP contribution is 2.35. The lowest BCUT2D eigenvalue weighted by molar-refractivity contribution is -0.131. The van der Waals surface area contributed by atoms with Gasteiger partial charge in [0.15, 0.2) is 5.76 Å². The first-order valence-electron chi connectivity index (χ1n) is 7.57. The molecule has 1 heterocycles. The third-order valence-electron chi connectivity index (χ3n) is 3.41. The molecule has 0 fully saturated rings. The molecule has 24 heavy (non-hydrogen) atoms. The van der Waals surface area contributed by atoms with Gasteiger partial charge in [-0.05, 0) is 31.2 Å². The number of esters is 1. The Morgan fingerprint density at radius 3 is 2.75 bits per heavy atom. The zero-order valence-corrected chi connectivity index (χ0v) is 13.4. The minimum absolute atomic E-state index is 0.179. The summed E-state index contributed by atoms with van der Waals surface area (Å²) in [4.78, 5) is 23.7. The number of carbonyl (C=O) groups excluding carboxylic acids is 2. The monoisotopic (exact) mass is 324 g/mol. The van der Waals surface area contributed by atoms with Crippen LogP contribution in [0.1, 0.15) is 29.8 Å². The molecule has 1 aliphatic rings. The van der Waals surface area contributed by atoms with Crippen LogP contribution in [0.4, 0.5) is 0 Å². The smallest absolute Gasteiger partial charge is 0.308 e. The lowest BCUT2D eigenvalue weighted by Gasteiger charge is -2.06. The summed E-state index contributed by atoms with van der Waals surface area (Å²) in [6, 6.07) is 12.1. The molecule has 2 aromatic rings. The van der Waals surface area contributed by atoms with Crippen molar-refractivity contribution >= 4 is 17.8 Å². The zero-order chi connectivity index (χ0) is 17.1. The van der Waals surface area contributed by atoms with Crippen molar-refractivity contribution in [2.24, 2.45) is 0 Å². The molecular formula is C19H16O5. The molecule has 0 saturated carbocycles. The topological polar surface area (TPSA) is 61.8 Å². The van der Waals surface area contributed by atoms with E-state index in [1.807, 2.05) is 6.92 Å². The fourth-order valence-corrected chi connectivity index (χ4v) is 2.41. The Morgan fingerprint density at radius 1 is 1.21 bits per heavy atom. The Morgan fingerprint density at radius 2 is 2.00 bits per heavy atom. The molecule has 0 aromatic heterocycles. The maximum Gasteiger partial charge on any atom is 0.308 e. The molecule has 0 N–H and O–H groups in total. The molecule has 5 heteroatoms. The van der Waals surface area contributed by atoms with Gasteiger partial charge in [0, 0.05) is 18.6 Å². The van der Waals surface area contributed by atoms with Gasteiger partial charge in [0.25, 0.3) is 0 Å². The number of allylic oxidation sites excluding steroid dienone is 1. The second-order valence-corrected chi connectivity index (χ2v) is 5.16. The third-order valence-corrected chi connectivity index (χ3v) is 3.41. The second-order valence-electron chi connectivity index (χ2n) is 5.16. The van der Waals surface area contributed by atoms with E-state index in [4.69, 9.17) is 14.2 Å². The summed E-state index contributed by atoms with van der Waals surface area (Å²) in [6.07, 6.45) is 1.57. The van der Waals surface area contributed by atoms with Crippen molar-refractivity contribution < 1.29 is 23.8 Å². The number of benzene rings is 2. The van der Waals surface area contributed by atoms with E-state index in [-0.39, 0.29) is 11.5 Å². The number of rotatable bonds is 4. The van der Waals surface area contributed by atoms with Crippen molar-refractivity contribution in [2.45, 2.75) is 13.8 Å². The molecule has 0 aliphatic carbocycles. The number of ketones is 1. The van der Waals surface area contributed by atoms with Gasteiger partial charge in [0.05, 0.1) is 12.2 Å². The van der Waals surface area contributed by atoms with Gasteiger partial charge < -0.3 is 14.2 Å². The number of Topliss-reactive ketones (excluding diaryl/α,β-unsaturated/α-hetero) is 1. The Balaban J connectivity index is 1.93. The number of hydrogen-bond donors (Lipinski definition) is 0. The van der Waals surface area contributed by atoms with Crippen molar-refractivity contribution in [2.75, 3.05) is 6.61 Å². The third kappa shape index (κ3) is 3.15. The fourth-order valence-electron chi connectivity index (χ4n) is 2.41. The SMILES string of the molecule is CCOc1ccc2c(c1)O/C(=C\c1ccccc1OC(C)=O)C2=O. The second kappa shape index (κ2) is 6.58. The van der Waals surface area contributed by atoms with Crippen molar-refractivity contribution in [3.63, 3.8) is 0 Å². The summed E-state index contributed by atoms with van der Waals surface area (Å²) in [6.45, 7) is 3.74. The molecule has 0 saturated heterocycles. The standard InChI is InChI=1S/C19H16O5/c1-3-22-14-8-9-15-17(11-14)24-18(19(15)21)10-13-6-4-5-7-16(13)23-12(2)20/h4-11H,3H2,1-2H3/b18-10-. The van der Waals surface area contributed by atoms with E-state index in [1.54, 1.807) is 48.5 Å². The average Bonchev–Trinajstić information content (AvgIpc) is 2.85. The van der Waals surface area contributed by atoms with E-state index in [1.165, 1.54) is 6.92 Å². The van der Waals surface area contributed by atoms with E-state index in [2.05, 4.69) is 0 Å². The van der Waals surface area contributed by atoms with Crippen LogP contribution >= 0.6 is 0 Å². The van der Waals surface area contributed by atoms with E-state index in [0.29, 0.717) is 35.0 Å². The van der Waals surface area contributed by atoms with Crippen LogP contribution in [0.5, 0.6) is 17.2 Å². The predicted octanol–water partition coefficient (Wildman–Crippen LogP) is 3.63. The van der Waals surface area contributed by atoms with Crippen LogP contribution < -0.4 is 14.2 Å². The Kier molecular flexibility index (Phi) is 4.33. The van der Waals surface area contributed by atoms with Gasteiger partial charge in [-0.15, -0.1) is 0 Å². The summed E-state index contributed by atoms with van der Waals surface area (Å²) >= 11 is 0. The highest BCUT2D eigenvalue weighted by Gasteiger charge is 2.28. The molecule has 0 atom stereocenters. The summed E-state index contributed by atoms with van der Waals surface area (Å²) in [7, 11) is 0. The van der Waals surface area contributed by atoms with Gasteiger partial charge in [0.1, 0.15) is 17.2 Å². The van der Waals surface area contributed by atoms with Crippen LogP contribution in [-0.4, -0.2) is 18.4 Å². The minimum atomic E-state index is -0.427. The van der Waals surface area contributed by atoms with Gasteiger partial charge in [-0.3, -0.25) is 9.59 Å². The first-order valence-corrected chi connectivity index (χ1v) is 7.57. The maximum absolute atomic E-state index is 12.5. The van der Waals surface area contributed by atoms with Crippen molar-refractivity contribution in [1.82, 2.24) is 0 Å². The van der Waals surface area contributed by atoms with Gasteiger partial charge >= 0.3 is 5.97 Å². The summed E-state index contributed by atoms with van der Waals surface area (Å²) in [5.41, 5.74) is 1.07. The van der Waals surface area contributed by atoms with Crippen molar-refractivity contribution in [3.05, 3.63) is 59.4 Å². The molecule has 1 aliphatic heterocycles. The lowest BCUT2D eigenvalue weighted by Crippen LogP contribution is -2.03. The molecule has 0 bridgehead atoms. The Bertz CT molecular complexity index is 835. The van der Waals surface area contributed by atoms with Crippen molar-refractivity contribution in [3.8, 4) is 17.2 Å². The first kappa shape index (κ1) is 15.8. The maximum atomic E-state index is 12.5. The van der Waals surface area contributed by atoms with Crippen LogP contribution in [0.2, 0.25) is 0 Å². The number of carbonyl (C=O) groups is 2. The van der Waals surface area contributed by atoms with Crippen LogP contribution in [-0.2, 0) is 4.79 Å². The molecule has 5 nitrogen and oxygen atoms in total. The van der Waals surface area contributed by atoms with Crippen LogP contribution in [0.25, 0.3) is 6.08 Å². The summed E-state index contributed by atoms with van der Waals surface area (Å²) in [5.74, 6) is 1.01. The normalized spacial score (nSPS) is 14.2. The lowest BCUT2D eigenvalue weighted by atomic mass is 10.1. The Labute approximate surface area is 139 Å². The number of ether oxygens (including phenoxy) is 3. The van der Waals surface area contributed by atoms with Crippen LogP contribution in [0.15, 0.2) is 48.2 Å². The van der Waals surface area contributed by atoms with Gasteiger partial charge in [-0.25, -0.2) is 0 Å². The van der Waals surface area contributed by atoms with Gasteiger partial charge in [0.2, 0.25) is 5.78 Å². The van der Waals surface area contributed by atoms with E-state index < -0.39 is 5.97 Å². The quantitative estimate of drug-likeness (QED) is 0.488. The first-order chi connectivity index (χ1) is 11.6. The van der Waals surface area contributed by atoms with Crippen LogP contribution in [0.3, 0.4) is 0 Å². The largest absolute Gasteiger partial charge is 0.494 e. The molecular weight excluding hydrogens is 308 g/mol. The minimum Gasteiger partial charge on any atom is -0.494 e. The molecule has 0 spiro atoms. The fraction of sp³-hybridized carbons (Fsp3) is 0.158. The molecule has 0 amide bonds. The molecule has 0 radical (unpaired) electrons. The summed E-state index contributed by atoms with van der Waals surface area (Å²) in [5, 5.41) is 0. The molecule has 0 unspecified atom stereocenters. The molecule has 122 valence electrons. The highest BCUT2D eigenvalue weighted by molar-refractivity contribution is 6.14.